The lowest BCUT2D eigenvalue weighted by molar-refractivity contribution is -0.145. The number of rotatable bonds is 4. The summed E-state index contributed by atoms with van der Waals surface area (Å²) < 4.78 is 11.2. The summed E-state index contributed by atoms with van der Waals surface area (Å²) in [6, 6.07) is 15.0. The molecule has 0 radical (unpaired) electrons. The fourth-order valence-corrected chi connectivity index (χ4v) is 5.08. The van der Waals surface area contributed by atoms with Crippen LogP contribution in [0.25, 0.3) is 0 Å². The molecule has 1 fully saturated rings. The van der Waals surface area contributed by atoms with Gasteiger partial charge in [-0.3, -0.25) is 4.79 Å². The zero-order valence-electron chi connectivity index (χ0n) is 22.3. The van der Waals surface area contributed by atoms with Crippen LogP contribution in [0.1, 0.15) is 56.1 Å². The molecule has 3 N–H and O–H groups in total. The smallest absolute Gasteiger partial charge is 0.336 e. The van der Waals surface area contributed by atoms with Crippen LogP contribution < -0.4 is 15.4 Å². The number of para-hydroxylation sites is 1. The maximum absolute atomic E-state index is 13.0. The summed E-state index contributed by atoms with van der Waals surface area (Å²) in [7, 11) is 1.65. The number of aromatic hydroxyl groups is 1. The zero-order valence-corrected chi connectivity index (χ0v) is 22.3. The predicted octanol–water partition coefficient (Wildman–Crippen LogP) is 5.17. The summed E-state index contributed by atoms with van der Waals surface area (Å²) >= 11 is 0. The Labute approximate surface area is 224 Å². The van der Waals surface area contributed by atoms with Crippen LogP contribution in [0, 0.1) is 6.92 Å². The second-order valence-electron chi connectivity index (χ2n) is 10.0. The average molecular weight is 517 g/mol. The first kappa shape index (κ1) is 27.0. The fraction of sp³-hybridized carbons (Fsp3) is 0.355. The molecule has 2 aromatic rings. The Hall–Kier alpha value is -4.00. The molecule has 2 atom stereocenters. The number of aryl methyl sites for hydroxylation is 1. The Kier molecular flexibility index (Phi) is 8.56. The van der Waals surface area contributed by atoms with E-state index in [1.54, 1.807) is 19.2 Å². The molecule has 5 rings (SSSR count). The molecular weight excluding hydrogens is 480 g/mol. The monoisotopic (exact) mass is 516 g/mol. The van der Waals surface area contributed by atoms with E-state index in [1.807, 2.05) is 50.2 Å². The fourth-order valence-electron chi connectivity index (χ4n) is 5.08. The number of nitrogens with one attached hydrogen (secondary N) is 2. The number of carbonyl (C=O) groups is 2. The number of phenolic OH excluding ortho intramolecular Hbond substituents is 1. The van der Waals surface area contributed by atoms with Crippen LogP contribution in [0.4, 0.5) is 0 Å². The molecule has 3 aliphatic rings. The second-order valence-corrected chi connectivity index (χ2v) is 10.0. The number of piperidine rings is 1. The maximum Gasteiger partial charge on any atom is 0.336 e. The number of methoxy groups -OCH3 is 1. The van der Waals surface area contributed by atoms with E-state index >= 15 is 0 Å². The Balaban J connectivity index is 0.000000360. The molecule has 2 heterocycles. The van der Waals surface area contributed by atoms with Crippen molar-refractivity contribution < 1.29 is 24.2 Å². The lowest BCUT2D eigenvalue weighted by Gasteiger charge is -2.33. The number of carbonyl (C=O) groups excluding carboxylic acids is 2. The van der Waals surface area contributed by atoms with Gasteiger partial charge in [-0.2, -0.15) is 0 Å². The number of phenols is 1. The van der Waals surface area contributed by atoms with Gasteiger partial charge in [0, 0.05) is 41.4 Å². The van der Waals surface area contributed by atoms with E-state index in [4.69, 9.17) is 14.6 Å². The molecular formula is C31H36N2O5. The molecule has 2 aromatic carbocycles. The first-order valence-corrected chi connectivity index (χ1v) is 13.0. The molecule has 1 saturated heterocycles. The van der Waals surface area contributed by atoms with Gasteiger partial charge in [0.15, 0.2) is 5.78 Å². The van der Waals surface area contributed by atoms with Crippen LogP contribution >= 0.6 is 0 Å². The number of ketones is 1. The van der Waals surface area contributed by atoms with Crippen molar-refractivity contribution in [2.75, 3.05) is 13.7 Å². The third kappa shape index (κ3) is 6.46. The number of Topliss-reactive ketones (excluding diaryl/α,β-unsaturated/α-hetero) is 1. The molecule has 7 nitrogen and oxygen atoms in total. The summed E-state index contributed by atoms with van der Waals surface area (Å²) in [5.74, 6) is 0.932. The number of hydrogen-bond donors (Lipinski definition) is 3. The molecule has 0 unspecified atom stereocenters. The molecule has 0 bridgehead atoms. The number of dihydropyridines is 1. The molecule has 1 aliphatic carbocycles. The first-order chi connectivity index (χ1) is 18.2. The molecule has 38 heavy (non-hydrogen) atoms. The molecule has 0 aromatic heterocycles. The minimum atomic E-state index is -0.342. The van der Waals surface area contributed by atoms with Crippen LogP contribution in [0.15, 0.2) is 83.3 Å². The van der Waals surface area contributed by atoms with Crippen molar-refractivity contribution in [1.29, 1.82) is 0 Å². The van der Waals surface area contributed by atoms with E-state index in [1.165, 1.54) is 0 Å². The highest BCUT2D eigenvalue weighted by molar-refractivity contribution is 6.01. The van der Waals surface area contributed by atoms with Crippen LogP contribution in [0.5, 0.6) is 11.5 Å². The van der Waals surface area contributed by atoms with Crippen molar-refractivity contribution in [2.24, 2.45) is 0 Å². The van der Waals surface area contributed by atoms with Gasteiger partial charge in [-0.05, 0) is 62.4 Å². The highest BCUT2D eigenvalue weighted by Gasteiger charge is 2.35. The second kappa shape index (κ2) is 12.0. The Bertz CT molecular complexity index is 1270. The Morgan fingerprint density at radius 1 is 1.11 bits per heavy atom. The van der Waals surface area contributed by atoms with Crippen molar-refractivity contribution in [3.8, 4) is 11.5 Å². The van der Waals surface area contributed by atoms with Crippen LogP contribution in [-0.2, 0) is 14.3 Å². The van der Waals surface area contributed by atoms with Crippen LogP contribution in [-0.4, -0.2) is 36.6 Å². The highest BCUT2D eigenvalue weighted by atomic mass is 16.5. The summed E-state index contributed by atoms with van der Waals surface area (Å²) in [5, 5.41) is 15.3. The van der Waals surface area contributed by atoms with Gasteiger partial charge in [-0.1, -0.05) is 36.9 Å². The van der Waals surface area contributed by atoms with Crippen LogP contribution in [0.3, 0.4) is 0 Å². The van der Waals surface area contributed by atoms with Crippen molar-refractivity contribution in [2.45, 2.75) is 58.0 Å². The van der Waals surface area contributed by atoms with Gasteiger partial charge in [0.25, 0.3) is 0 Å². The highest BCUT2D eigenvalue weighted by Crippen LogP contribution is 2.41. The van der Waals surface area contributed by atoms with Crippen molar-refractivity contribution in [3.63, 3.8) is 0 Å². The SMILES string of the molecule is C=C1CC[C@@H](OC(=O)C2=C(C)NC3=C(C2)C(=O)C[C@H](c2ccccc2OC)C3)CN1.Cc1cccc(O)c1. The van der Waals surface area contributed by atoms with E-state index in [0.717, 1.165) is 53.2 Å². The van der Waals surface area contributed by atoms with Gasteiger partial charge < -0.3 is 25.2 Å². The molecule has 200 valence electrons. The minimum Gasteiger partial charge on any atom is -0.508 e. The third-order valence-corrected chi connectivity index (χ3v) is 7.18. The van der Waals surface area contributed by atoms with E-state index in [2.05, 4.69) is 17.2 Å². The number of allylic oxidation sites excluding steroid dienone is 4. The van der Waals surface area contributed by atoms with E-state index in [9.17, 15) is 9.59 Å². The molecule has 0 amide bonds. The van der Waals surface area contributed by atoms with Crippen molar-refractivity contribution in [3.05, 3.63) is 94.5 Å². The third-order valence-electron chi connectivity index (χ3n) is 7.18. The zero-order chi connectivity index (χ0) is 27.2. The van der Waals surface area contributed by atoms with Crippen LogP contribution in [0.2, 0.25) is 0 Å². The normalized spacial score (nSPS) is 20.9. The Morgan fingerprint density at radius 2 is 1.89 bits per heavy atom. The lowest BCUT2D eigenvalue weighted by Crippen LogP contribution is -2.37. The first-order valence-electron chi connectivity index (χ1n) is 13.0. The van der Waals surface area contributed by atoms with E-state index < -0.39 is 0 Å². The summed E-state index contributed by atoms with van der Waals surface area (Å²) in [5.41, 5.74) is 6.03. The number of esters is 1. The standard InChI is InChI=1S/C24H28N2O4.C7H8O/c1-14-8-9-17(13-25-14)30-24(28)19-12-20-21(26-15(19)2)10-16(11-22(20)27)18-6-4-5-7-23(18)29-3;1-6-3-2-4-7(8)5-6/h4-7,16-17,25-26H,1,8-13H2,2-3H3;2-5,8H,1H3/t16-,17-;/m1./s1. The lowest BCUT2D eigenvalue weighted by atomic mass is 9.78. The Morgan fingerprint density at radius 3 is 2.55 bits per heavy atom. The maximum atomic E-state index is 13.0. The minimum absolute atomic E-state index is 0.0580. The summed E-state index contributed by atoms with van der Waals surface area (Å²) in [6.07, 6.45) is 2.86. The topological polar surface area (TPSA) is 96.9 Å². The molecule has 7 heteroatoms. The summed E-state index contributed by atoms with van der Waals surface area (Å²) in [4.78, 5) is 25.8. The van der Waals surface area contributed by atoms with Gasteiger partial charge in [-0.15, -0.1) is 0 Å². The number of ether oxygens (including phenoxy) is 2. The summed E-state index contributed by atoms with van der Waals surface area (Å²) in [6.45, 7) is 8.30. The van der Waals surface area contributed by atoms with Gasteiger partial charge >= 0.3 is 5.97 Å². The van der Waals surface area contributed by atoms with E-state index in [-0.39, 0.29) is 23.8 Å². The number of benzene rings is 2. The average Bonchev–Trinajstić information content (AvgIpc) is 2.89. The molecule has 0 spiro atoms. The van der Waals surface area contributed by atoms with Gasteiger partial charge in [0.2, 0.25) is 0 Å². The number of hydrogen-bond acceptors (Lipinski definition) is 7. The van der Waals surface area contributed by atoms with E-state index in [0.29, 0.717) is 36.3 Å². The van der Waals surface area contributed by atoms with Gasteiger partial charge in [0.1, 0.15) is 17.6 Å². The molecule has 0 saturated carbocycles. The van der Waals surface area contributed by atoms with Gasteiger partial charge in [0.05, 0.1) is 19.2 Å². The largest absolute Gasteiger partial charge is 0.508 e. The van der Waals surface area contributed by atoms with Crippen molar-refractivity contribution >= 4 is 11.8 Å². The van der Waals surface area contributed by atoms with Crippen molar-refractivity contribution in [1.82, 2.24) is 10.6 Å². The van der Waals surface area contributed by atoms with Gasteiger partial charge in [-0.25, -0.2) is 4.79 Å². The quantitative estimate of drug-likeness (QED) is 0.482. The predicted molar refractivity (Wildman–Crippen MR) is 147 cm³/mol. The molecule has 2 aliphatic heterocycles.